The molecule has 108 valence electrons. The van der Waals surface area contributed by atoms with Gasteiger partial charge in [0.05, 0.1) is 5.56 Å². The van der Waals surface area contributed by atoms with E-state index in [0.717, 1.165) is 12.1 Å². The highest BCUT2D eigenvalue weighted by Crippen LogP contribution is 2.41. The molecule has 1 atom stereocenters. The molecular weight excluding hydrogens is 254 g/mol. The second-order valence-corrected chi connectivity index (χ2v) is 6.12. The summed E-state index contributed by atoms with van der Waals surface area (Å²) in [6.45, 7) is 7.69. The highest BCUT2D eigenvalue weighted by molar-refractivity contribution is 5.98. The summed E-state index contributed by atoms with van der Waals surface area (Å²) in [6, 6.07) is 3.38. The third-order valence-corrected chi connectivity index (χ3v) is 3.75. The van der Waals surface area contributed by atoms with Gasteiger partial charge in [-0.3, -0.25) is 9.78 Å². The minimum atomic E-state index is -1.30. The third-order valence-electron chi connectivity index (χ3n) is 3.75. The fourth-order valence-electron chi connectivity index (χ4n) is 2.22. The summed E-state index contributed by atoms with van der Waals surface area (Å²) < 4.78 is 0. The molecule has 0 radical (unpaired) electrons. The lowest BCUT2D eigenvalue weighted by atomic mass is 9.79. The summed E-state index contributed by atoms with van der Waals surface area (Å²) in [5, 5.41) is 16.5. The van der Waals surface area contributed by atoms with E-state index in [1.54, 1.807) is 18.3 Å². The van der Waals surface area contributed by atoms with Crippen LogP contribution in [0.25, 0.3) is 0 Å². The van der Waals surface area contributed by atoms with Gasteiger partial charge in [0.2, 0.25) is 0 Å². The van der Waals surface area contributed by atoms with Gasteiger partial charge < -0.3 is 5.11 Å². The first-order valence-corrected chi connectivity index (χ1v) is 6.83. The van der Waals surface area contributed by atoms with Crippen LogP contribution in [0.2, 0.25) is 0 Å². The normalized spacial score (nSPS) is 22.9. The topological polar surface area (TPSA) is 65.8 Å². The van der Waals surface area contributed by atoms with E-state index in [2.05, 4.69) is 10.1 Å². The molecule has 0 saturated carbocycles. The molecule has 5 heteroatoms. The molecule has 2 rings (SSSR count). The second kappa shape index (κ2) is 4.98. The molecule has 1 aromatic rings. The van der Waals surface area contributed by atoms with E-state index in [1.165, 1.54) is 11.2 Å². The third kappa shape index (κ3) is 2.33. The van der Waals surface area contributed by atoms with Crippen molar-refractivity contribution in [3.05, 3.63) is 30.1 Å². The zero-order valence-corrected chi connectivity index (χ0v) is 12.4. The first-order chi connectivity index (χ1) is 9.29. The predicted octanol–water partition coefficient (Wildman–Crippen LogP) is 2.43. The number of nitrogens with zero attached hydrogens (tertiary/aromatic N) is 3. The van der Waals surface area contributed by atoms with Crippen molar-refractivity contribution in [3.8, 4) is 0 Å². The smallest absolute Gasteiger partial charge is 0.278 e. The average Bonchev–Trinajstić information content (AvgIpc) is 2.77. The predicted molar refractivity (Wildman–Crippen MR) is 77.2 cm³/mol. The number of rotatable bonds is 2. The average molecular weight is 275 g/mol. The molecule has 0 fully saturated rings. The molecular formula is C15H21N3O2. The molecule has 1 aliphatic heterocycles. The fraction of sp³-hybridized carbons (Fsp3) is 0.533. The van der Waals surface area contributed by atoms with E-state index in [9.17, 15) is 9.90 Å². The number of aliphatic hydroxyl groups is 1. The quantitative estimate of drug-likeness (QED) is 0.901. The van der Waals surface area contributed by atoms with Crippen molar-refractivity contribution in [1.29, 1.82) is 0 Å². The largest absolute Gasteiger partial charge is 0.368 e. The summed E-state index contributed by atoms with van der Waals surface area (Å²) in [7, 11) is 0. The molecule has 0 spiro atoms. The standard InChI is InChI=1S/C15H21N3O2/c1-5-12-9-15(20,14(2,3)4)18(17-12)13(19)11-7-6-8-16-10-11/h6-8,10,20H,5,9H2,1-4H3/t15-/m0/s1. The molecule has 0 saturated heterocycles. The highest BCUT2D eigenvalue weighted by atomic mass is 16.3. The zero-order valence-electron chi connectivity index (χ0n) is 12.4. The number of amides is 1. The van der Waals surface area contributed by atoms with Crippen molar-refractivity contribution < 1.29 is 9.90 Å². The molecule has 1 aromatic heterocycles. The Hall–Kier alpha value is -1.75. The Kier molecular flexibility index (Phi) is 3.65. The van der Waals surface area contributed by atoms with Crippen LogP contribution in [-0.2, 0) is 0 Å². The molecule has 0 unspecified atom stereocenters. The van der Waals surface area contributed by atoms with Gasteiger partial charge in [0, 0.05) is 29.9 Å². The molecule has 1 amide bonds. The molecule has 5 nitrogen and oxygen atoms in total. The summed E-state index contributed by atoms with van der Waals surface area (Å²) in [5.41, 5.74) is -0.535. The lowest BCUT2D eigenvalue weighted by Crippen LogP contribution is -2.55. The molecule has 2 heterocycles. The van der Waals surface area contributed by atoms with Crippen molar-refractivity contribution in [2.45, 2.75) is 46.3 Å². The number of carbonyl (C=O) groups is 1. The maximum atomic E-state index is 12.6. The van der Waals surface area contributed by atoms with Crippen LogP contribution in [0.5, 0.6) is 0 Å². The first kappa shape index (κ1) is 14.7. The van der Waals surface area contributed by atoms with Crippen molar-refractivity contribution in [2.75, 3.05) is 0 Å². The van der Waals surface area contributed by atoms with Crippen molar-refractivity contribution >= 4 is 11.6 Å². The van der Waals surface area contributed by atoms with Crippen LogP contribution in [0.3, 0.4) is 0 Å². The summed E-state index contributed by atoms with van der Waals surface area (Å²) in [6.07, 6.45) is 4.20. The van der Waals surface area contributed by atoms with Crippen LogP contribution in [0.1, 0.15) is 50.9 Å². The van der Waals surface area contributed by atoms with Gasteiger partial charge in [-0.05, 0) is 18.6 Å². The van der Waals surface area contributed by atoms with Gasteiger partial charge in [0.1, 0.15) is 0 Å². The van der Waals surface area contributed by atoms with E-state index in [0.29, 0.717) is 12.0 Å². The van der Waals surface area contributed by atoms with E-state index >= 15 is 0 Å². The number of pyridine rings is 1. The van der Waals surface area contributed by atoms with Crippen LogP contribution in [0.15, 0.2) is 29.6 Å². The van der Waals surface area contributed by atoms with E-state index in [1.807, 2.05) is 27.7 Å². The number of hydrazone groups is 1. The Morgan fingerprint density at radius 2 is 2.20 bits per heavy atom. The monoisotopic (exact) mass is 275 g/mol. The lowest BCUT2D eigenvalue weighted by molar-refractivity contribution is -0.143. The van der Waals surface area contributed by atoms with Crippen LogP contribution >= 0.6 is 0 Å². The number of aromatic nitrogens is 1. The fourth-order valence-corrected chi connectivity index (χ4v) is 2.22. The van der Waals surface area contributed by atoms with Gasteiger partial charge in [-0.2, -0.15) is 10.1 Å². The Labute approximate surface area is 119 Å². The van der Waals surface area contributed by atoms with Gasteiger partial charge in [-0.15, -0.1) is 0 Å². The van der Waals surface area contributed by atoms with E-state index in [-0.39, 0.29) is 5.91 Å². The van der Waals surface area contributed by atoms with Gasteiger partial charge in [-0.1, -0.05) is 27.7 Å². The number of hydrogen-bond acceptors (Lipinski definition) is 4. The van der Waals surface area contributed by atoms with Gasteiger partial charge in [-0.25, -0.2) is 0 Å². The Morgan fingerprint density at radius 1 is 1.50 bits per heavy atom. The minimum Gasteiger partial charge on any atom is -0.368 e. The molecule has 0 bridgehead atoms. The summed E-state index contributed by atoms with van der Waals surface area (Å²) in [5.74, 6) is -0.320. The van der Waals surface area contributed by atoms with Gasteiger partial charge in [0.15, 0.2) is 5.72 Å². The van der Waals surface area contributed by atoms with Gasteiger partial charge in [0.25, 0.3) is 5.91 Å². The molecule has 0 aromatic carbocycles. The maximum absolute atomic E-state index is 12.6. The molecule has 20 heavy (non-hydrogen) atoms. The van der Waals surface area contributed by atoms with Crippen LogP contribution in [0.4, 0.5) is 0 Å². The molecule has 1 N–H and O–H groups in total. The lowest BCUT2D eigenvalue weighted by Gasteiger charge is -2.41. The van der Waals surface area contributed by atoms with Gasteiger partial charge >= 0.3 is 0 Å². The Morgan fingerprint density at radius 3 is 2.70 bits per heavy atom. The number of carbonyl (C=O) groups excluding carboxylic acids is 1. The van der Waals surface area contributed by atoms with E-state index < -0.39 is 11.1 Å². The molecule has 0 aliphatic carbocycles. The van der Waals surface area contributed by atoms with Crippen LogP contribution in [-0.4, -0.2) is 32.4 Å². The zero-order chi connectivity index (χ0) is 15.0. The Balaban J connectivity index is 2.41. The minimum absolute atomic E-state index is 0.320. The summed E-state index contributed by atoms with van der Waals surface area (Å²) in [4.78, 5) is 16.5. The second-order valence-electron chi connectivity index (χ2n) is 6.12. The number of hydrogen-bond donors (Lipinski definition) is 1. The van der Waals surface area contributed by atoms with Crippen LogP contribution < -0.4 is 0 Å². The Bertz CT molecular complexity index is 534. The molecule has 1 aliphatic rings. The maximum Gasteiger partial charge on any atom is 0.278 e. The first-order valence-electron chi connectivity index (χ1n) is 6.83. The summed E-state index contributed by atoms with van der Waals surface area (Å²) >= 11 is 0. The highest BCUT2D eigenvalue weighted by Gasteiger charge is 2.52. The van der Waals surface area contributed by atoms with E-state index in [4.69, 9.17) is 0 Å². The SMILES string of the molecule is CCC1=NN(C(=O)c2cccnc2)[C@@](O)(C(C)(C)C)C1. The van der Waals surface area contributed by atoms with Crippen molar-refractivity contribution in [3.63, 3.8) is 0 Å². The van der Waals surface area contributed by atoms with Crippen molar-refractivity contribution in [2.24, 2.45) is 10.5 Å². The van der Waals surface area contributed by atoms with Crippen molar-refractivity contribution in [1.82, 2.24) is 9.99 Å². The van der Waals surface area contributed by atoms with Crippen LogP contribution in [0, 0.1) is 5.41 Å².